The fraction of sp³-hybridized carbons (Fsp3) is 1.00. The highest BCUT2D eigenvalue weighted by molar-refractivity contribution is 8.78. The van der Waals surface area contributed by atoms with Crippen molar-refractivity contribution < 1.29 is 0 Å². The second-order valence-corrected chi connectivity index (χ2v) is 6.26. The first-order chi connectivity index (χ1) is 4.31. The Hall–Kier alpha value is 1.05. The highest BCUT2D eigenvalue weighted by Crippen LogP contribution is 2.31. The van der Waals surface area contributed by atoms with Crippen LogP contribution in [-0.4, -0.2) is 16.6 Å². The van der Waals surface area contributed by atoms with Gasteiger partial charge in [-0.3, -0.25) is 0 Å². The zero-order chi connectivity index (χ0) is 7.11. The van der Waals surface area contributed by atoms with Gasteiger partial charge >= 0.3 is 0 Å². The molecular weight excluding hydrogens is 168 g/mol. The van der Waals surface area contributed by atoms with E-state index >= 15 is 0 Å². The van der Waals surface area contributed by atoms with Crippen molar-refractivity contribution >= 4 is 33.3 Å². The molecule has 1 atom stereocenters. The Labute approximate surface area is 70.3 Å². The van der Waals surface area contributed by atoms with Gasteiger partial charge in [-0.2, -0.15) is 0 Å². The first-order valence-electron chi connectivity index (χ1n) is 3.12. The first kappa shape index (κ1) is 10.0. The van der Waals surface area contributed by atoms with Crippen molar-refractivity contribution in [3.63, 3.8) is 0 Å². The normalized spacial score (nSPS) is 13.7. The lowest BCUT2D eigenvalue weighted by atomic mass is 10.6. The molecule has 0 saturated carbocycles. The monoisotopic (exact) mass is 182 g/mol. The van der Waals surface area contributed by atoms with Crippen LogP contribution in [0.25, 0.3) is 0 Å². The van der Waals surface area contributed by atoms with Crippen LogP contribution in [0.2, 0.25) is 0 Å². The van der Waals surface area contributed by atoms with Crippen molar-refractivity contribution in [2.24, 2.45) is 0 Å². The van der Waals surface area contributed by atoms with Gasteiger partial charge in [0.25, 0.3) is 0 Å². The molecule has 0 radical (unpaired) electrons. The minimum absolute atomic E-state index is 0.764. The third-order valence-electron chi connectivity index (χ3n) is 0.788. The van der Waals surface area contributed by atoms with Crippen LogP contribution in [0.3, 0.4) is 0 Å². The molecule has 9 heavy (non-hydrogen) atoms. The highest BCUT2D eigenvalue weighted by Gasteiger charge is 1.98. The van der Waals surface area contributed by atoms with Crippen LogP contribution in [0, 0.1) is 0 Å². The maximum Gasteiger partial charge on any atom is 0.0577 e. The molecule has 0 aromatic carbocycles. The molecule has 1 unspecified atom stereocenters. The Kier molecular flexibility index (Phi) is 8.00. The largest absolute Gasteiger partial charge is 0.147 e. The molecule has 0 nitrogen and oxygen atoms in total. The summed E-state index contributed by atoms with van der Waals surface area (Å²) in [7, 11) is 3.81. The van der Waals surface area contributed by atoms with Crippen LogP contribution in [0.4, 0.5) is 0 Å². The maximum atomic E-state index is 2.27. The molecular formula is C6H14S3. The quantitative estimate of drug-likeness (QED) is 0.472. The fourth-order valence-corrected chi connectivity index (χ4v) is 3.82. The molecule has 0 N–H and O–H groups in total. The number of rotatable bonds is 5. The minimum atomic E-state index is 0.764. The molecule has 0 heterocycles. The van der Waals surface area contributed by atoms with Crippen molar-refractivity contribution in [3.05, 3.63) is 0 Å². The van der Waals surface area contributed by atoms with Gasteiger partial charge in [0, 0.05) is 0 Å². The summed E-state index contributed by atoms with van der Waals surface area (Å²) >= 11 is 2.04. The lowest BCUT2D eigenvalue weighted by Crippen LogP contribution is -1.86. The first-order valence-corrected chi connectivity index (χ1v) is 6.79. The second-order valence-electron chi connectivity index (χ2n) is 1.70. The highest BCUT2D eigenvalue weighted by atomic mass is 33.1. The number of hydrogen-bond acceptors (Lipinski definition) is 3. The molecule has 0 bridgehead atoms. The molecule has 0 aliphatic heterocycles. The summed E-state index contributed by atoms with van der Waals surface area (Å²) in [5, 5.41) is 0. The summed E-state index contributed by atoms with van der Waals surface area (Å²) < 4.78 is 0.764. The van der Waals surface area contributed by atoms with Crippen LogP contribution in [0.15, 0.2) is 0 Å². The predicted molar refractivity (Wildman–Crippen MR) is 53.3 cm³/mol. The van der Waals surface area contributed by atoms with E-state index in [2.05, 4.69) is 20.1 Å². The van der Waals surface area contributed by atoms with Gasteiger partial charge in [-0.25, -0.2) is 0 Å². The Morgan fingerprint density at radius 1 is 1.44 bits per heavy atom. The van der Waals surface area contributed by atoms with Gasteiger partial charge in [0.2, 0.25) is 0 Å². The molecule has 0 spiro atoms. The Balaban J connectivity index is 2.95. The molecule has 0 fully saturated rings. The Morgan fingerprint density at radius 2 is 2.11 bits per heavy atom. The predicted octanol–water partition coefficient (Wildman–Crippen LogP) is 3.49. The molecule has 0 aromatic rings. The van der Waals surface area contributed by atoms with Crippen molar-refractivity contribution in [2.75, 3.05) is 12.0 Å². The minimum Gasteiger partial charge on any atom is -0.147 e. The van der Waals surface area contributed by atoms with Crippen molar-refractivity contribution in [1.82, 2.24) is 0 Å². The lowest BCUT2D eigenvalue weighted by Gasteiger charge is -2.05. The zero-order valence-electron chi connectivity index (χ0n) is 6.22. The topological polar surface area (TPSA) is 0 Å². The van der Waals surface area contributed by atoms with Crippen LogP contribution >= 0.6 is 33.3 Å². The van der Waals surface area contributed by atoms with E-state index in [0.717, 1.165) is 4.58 Å². The summed E-state index contributed by atoms with van der Waals surface area (Å²) in [6, 6.07) is 0. The smallest absolute Gasteiger partial charge is 0.0577 e. The van der Waals surface area contributed by atoms with E-state index in [0.29, 0.717) is 0 Å². The van der Waals surface area contributed by atoms with E-state index in [1.54, 1.807) is 0 Å². The zero-order valence-corrected chi connectivity index (χ0v) is 8.67. The molecule has 0 aliphatic rings. The average Bonchev–Trinajstić information content (AvgIpc) is 1.85. The van der Waals surface area contributed by atoms with Gasteiger partial charge in [-0.1, -0.05) is 28.5 Å². The molecule has 3 heteroatoms. The molecule has 0 rings (SSSR count). The summed E-state index contributed by atoms with van der Waals surface area (Å²) in [5.74, 6) is 1.30. The molecule has 0 aromatic heterocycles. The standard InChI is InChI=1S/C6H14S3/c1-4-5-8-6(2)9-7-3/h6H,4-5H2,1-3H3. The SMILES string of the molecule is CCCSC(C)SSC. The summed E-state index contributed by atoms with van der Waals surface area (Å²) in [4.78, 5) is 0. The van der Waals surface area contributed by atoms with E-state index in [1.807, 2.05) is 33.3 Å². The van der Waals surface area contributed by atoms with Crippen molar-refractivity contribution in [3.8, 4) is 0 Å². The van der Waals surface area contributed by atoms with Crippen LogP contribution in [0.1, 0.15) is 20.3 Å². The summed E-state index contributed by atoms with van der Waals surface area (Å²) in [6.07, 6.45) is 3.43. The molecule has 56 valence electrons. The maximum absolute atomic E-state index is 2.27. The number of thioether (sulfide) groups is 1. The molecule has 0 aliphatic carbocycles. The van der Waals surface area contributed by atoms with E-state index in [1.165, 1.54) is 12.2 Å². The van der Waals surface area contributed by atoms with Crippen molar-refractivity contribution in [1.29, 1.82) is 0 Å². The lowest BCUT2D eigenvalue weighted by molar-refractivity contribution is 1.10. The fourth-order valence-electron chi connectivity index (χ4n) is 0.447. The average molecular weight is 182 g/mol. The van der Waals surface area contributed by atoms with Crippen molar-refractivity contribution in [2.45, 2.75) is 24.9 Å². The third-order valence-corrected chi connectivity index (χ3v) is 4.87. The Morgan fingerprint density at radius 3 is 2.56 bits per heavy atom. The second kappa shape index (κ2) is 7.16. The molecule has 0 saturated heterocycles. The van der Waals surface area contributed by atoms with E-state index in [-0.39, 0.29) is 0 Å². The van der Waals surface area contributed by atoms with Gasteiger partial charge in [0.15, 0.2) is 0 Å². The van der Waals surface area contributed by atoms with Gasteiger partial charge in [0.05, 0.1) is 4.58 Å². The van der Waals surface area contributed by atoms with Gasteiger partial charge in [0.1, 0.15) is 0 Å². The third kappa shape index (κ3) is 6.94. The van der Waals surface area contributed by atoms with Crippen LogP contribution in [-0.2, 0) is 0 Å². The van der Waals surface area contributed by atoms with E-state index < -0.39 is 0 Å². The van der Waals surface area contributed by atoms with Gasteiger partial charge < -0.3 is 0 Å². The van der Waals surface area contributed by atoms with Gasteiger partial charge in [-0.05, 0) is 25.4 Å². The van der Waals surface area contributed by atoms with E-state index in [9.17, 15) is 0 Å². The number of hydrogen-bond donors (Lipinski definition) is 0. The van der Waals surface area contributed by atoms with Gasteiger partial charge in [-0.15, -0.1) is 11.8 Å². The van der Waals surface area contributed by atoms with Crippen LogP contribution in [0.5, 0.6) is 0 Å². The van der Waals surface area contributed by atoms with Crippen LogP contribution < -0.4 is 0 Å². The summed E-state index contributed by atoms with van der Waals surface area (Å²) in [5.41, 5.74) is 0. The summed E-state index contributed by atoms with van der Waals surface area (Å²) in [6.45, 7) is 4.49. The van der Waals surface area contributed by atoms with E-state index in [4.69, 9.17) is 0 Å². The Bertz CT molecular complexity index is 56.3. The molecule has 0 amide bonds.